The van der Waals surface area contributed by atoms with Crippen LogP contribution in [0.3, 0.4) is 0 Å². The first-order valence-corrected chi connectivity index (χ1v) is 10.9. The molecular formula is C24H27N5O4. The lowest BCUT2D eigenvalue weighted by atomic mass is 9.96. The van der Waals surface area contributed by atoms with Crippen LogP contribution in [0.5, 0.6) is 11.5 Å². The van der Waals surface area contributed by atoms with Crippen molar-refractivity contribution in [3.8, 4) is 22.9 Å². The van der Waals surface area contributed by atoms with E-state index >= 15 is 0 Å². The van der Waals surface area contributed by atoms with Gasteiger partial charge < -0.3 is 19.7 Å². The number of likely N-dealkylation sites (tertiary alicyclic amines) is 1. The lowest BCUT2D eigenvalue weighted by Crippen LogP contribution is -2.44. The van der Waals surface area contributed by atoms with Crippen molar-refractivity contribution in [1.29, 1.82) is 0 Å². The van der Waals surface area contributed by atoms with Crippen molar-refractivity contribution in [3.63, 3.8) is 0 Å². The van der Waals surface area contributed by atoms with Gasteiger partial charge in [0.2, 0.25) is 5.91 Å². The Labute approximate surface area is 192 Å². The number of piperidine rings is 1. The minimum atomic E-state index is -0.131. The van der Waals surface area contributed by atoms with Crippen molar-refractivity contribution in [1.82, 2.24) is 25.4 Å². The number of hydrogen-bond acceptors (Lipinski definition) is 6. The fourth-order valence-electron chi connectivity index (χ4n) is 3.70. The molecule has 172 valence electrons. The van der Waals surface area contributed by atoms with Gasteiger partial charge in [-0.3, -0.25) is 14.7 Å². The molecule has 0 saturated carbocycles. The van der Waals surface area contributed by atoms with Gasteiger partial charge in [0.1, 0.15) is 17.3 Å². The highest BCUT2D eigenvalue weighted by atomic mass is 16.5. The number of para-hydroxylation sites is 1. The van der Waals surface area contributed by atoms with Crippen molar-refractivity contribution < 1.29 is 19.1 Å². The molecule has 33 heavy (non-hydrogen) atoms. The zero-order valence-corrected chi connectivity index (χ0v) is 18.5. The summed E-state index contributed by atoms with van der Waals surface area (Å²) in [5, 5.41) is 10.0. The number of methoxy groups -OCH3 is 1. The highest BCUT2D eigenvalue weighted by molar-refractivity contribution is 5.80. The first kappa shape index (κ1) is 22.3. The number of H-pyrrole nitrogens is 1. The van der Waals surface area contributed by atoms with E-state index in [0.717, 1.165) is 11.3 Å². The molecule has 1 aliphatic heterocycles. The average Bonchev–Trinajstić information content (AvgIpc) is 3.35. The SMILES string of the molecule is COc1ccc(-c2n[nH]c(CNC(=O)C3CCN(C(=O)COc4ccccc4)CC3)n2)cc1. The predicted octanol–water partition coefficient (Wildman–Crippen LogP) is 2.41. The van der Waals surface area contributed by atoms with Gasteiger partial charge in [0.05, 0.1) is 13.7 Å². The molecule has 1 aromatic heterocycles. The van der Waals surface area contributed by atoms with Gasteiger partial charge in [0.15, 0.2) is 12.4 Å². The minimum absolute atomic E-state index is 0.00288. The van der Waals surface area contributed by atoms with Crippen molar-refractivity contribution >= 4 is 11.8 Å². The molecule has 1 saturated heterocycles. The van der Waals surface area contributed by atoms with Crippen molar-refractivity contribution in [2.24, 2.45) is 5.92 Å². The Morgan fingerprint density at radius 1 is 1.06 bits per heavy atom. The molecule has 9 nitrogen and oxygen atoms in total. The van der Waals surface area contributed by atoms with Gasteiger partial charge in [-0.1, -0.05) is 18.2 Å². The van der Waals surface area contributed by atoms with Crippen LogP contribution in [0.2, 0.25) is 0 Å². The lowest BCUT2D eigenvalue weighted by Gasteiger charge is -2.31. The zero-order chi connectivity index (χ0) is 23.0. The van der Waals surface area contributed by atoms with Crippen molar-refractivity contribution in [2.75, 3.05) is 26.8 Å². The first-order chi connectivity index (χ1) is 16.1. The van der Waals surface area contributed by atoms with Crippen LogP contribution in [0.25, 0.3) is 11.4 Å². The Balaban J connectivity index is 1.20. The van der Waals surface area contributed by atoms with Gasteiger partial charge in [0.25, 0.3) is 5.91 Å². The van der Waals surface area contributed by atoms with Crippen molar-refractivity contribution in [3.05, 3.63) is 60.4 Å². The molecule has 2 amide bonds. The minimum Gasteiger partial charge on any atom is -0.497 e. The molecule has 2 aromatic carbocycles. The number of nitrogens with one attached hydrogen (secondary N) is 2. The molecule has 0 spiro atoms. The number of aromatic amines is 1. The molecule has 4 rings (SSSR count). The standard InChI is InChI=1S/C24H27N5O4/c1-32-19-9-7-17(8-10-19)23-26-21(27-28-23)15-25-24(31)18-11-13-29(14-12-18)22(30)16-33-20-5-3-2-4-6-20/h2-10,18H,11-16H2,1H3,(H,25,31)(H,26,27,28). The van der Waals surface area contributed by atoms with Crippen molar-refractivity contribution in [2.45, 2.75) is 19.4 Å². The summed E-state index contributed by atoms with van der Waals surface area (Å²) in [5.41, 5.74) is 0.859. The summed E-state index contributed by atoms with van der Waals surface area (Å²) < 4.78 is 10.7. The Bertz CT molecular complexity index is 1060. The second-order valence-corrected chi connectivity index (χ2v) is 7.81. The molecule has 3 aromatic rings. The maximum Gasteiger partial charge on any atom is 0.260 e. The molecule has 0 unspecified atom stereocenters. The van der Waals surface area contributed by atoms with E-state index in [4.69, 9.17) is 9.47 Å². The van der Waals surface area contributed by atoms with E-state index in [9.17, 15) is 9.59 Å². The van der Waals surface area contributed by atoms with Crippen LogP contribution in [0.4, 0.5) is 0 Å². The number of nitrogens with zero attached hydrogens (tertiary/aromatic N) is 3. The van der Waals surface area contributed by atoms with E-state index in [0.29, 0.717) is 43.3 Å². The number of carbonyl (C=O) groups is 2. The van der Waals surface area contributed by atoms with Gasteiger partial charge in [-0.15, -0.1) is 0 Å². The largest absolute Gasteiger partial charge is 0.497 e. The summed E-state index contributed by atoms with van der Waals surface area (Å²) >= 11 is 0. The fraction of sp³-hybridized carbons (Fsp3) is 0.333. The molecule has 1 fully saturated rings. The monoisotopic (exact) mass is 449 g/mol. The Kier molecular flexibility index (Phi) is 7.19. The molecule has 1 aliphatic rings. The third-order valence-corrected chi connectivity index (χ3v) is 5.63. The molecular weight excluding hydrogens is 422 g/mol. The van der Waals surface area contributed by atoms with E-state index in [1.807, 2.05) is 54.6 Å². The topological polar surface area (TPSA) is 109 Å². The van der Waals surface area contributed by atoms with Crippen LogP contribution in [-0.2, 0) is 16.1 Å². The molecule has 2 heterocycles. The fourth-order valence-corrected chi connectivity index (χ4v) is 3.70. The predicted molar refractivity (Wildman–Crippen MR) is 121 cm³/mol. The van der Waals surface area contributed by atoms with Crippen LogP contribution in [-0.4, -0.2) is 58.7 Å². The van der Waals surface area contributed by atoms with E-state index < -0.39 is 0 Å². The quantitative estimate of drug-likeness (QED) is 0.547. The third kappa shape index (κ3) is 5.88. The van der Waals surface area contributed by atoms with Crippen LogP contribution in [0, 0.1) is 5.92 Å². The zero-order valence-electron chi connectivity index (χ0n) is 18.5. The number of hydrogen-bond donors (Lipinski definition) is 2. The number of carbonyl (C=O) groups excluding carboxylic acids is 2. The van der Waals surface area contributed by atoms with E-state index in [1.165, 1.54) is 0 Å². The third-order valence-electron chi connectivity index (χ3n) is 5.63. The molecule has 0 aliphatic carbocycles. The second-order valence-electron chi connectivity index (χ2n) is 7.81. The summed E-state index contributed by atoms with van der Waals surface area (Å²) in [6.45, 7) is 1.35. The van der Waals surface area contributed by atoms with Gasteiger partial charge in [-0.2, -0.15) is 5.10 Å². The molecule has 9 heteroatoms. The van der Waals surface area contributed by atoms with E-state index in [1.54, 1.807) is 12.0 Å². The van der Waals surface area contributed by atoms with Gasteiger partial charge in [-0.05, 0) is 49.2 Å². The number of aromatic nitrogens is 3. The van der Waals surface area contributed by atoms with Crippen LogP contribution >= 0.6 is 0 Å². The maximum atomic E-state index is 12.6. The first-order valence-electron chi connectivity index (χ1n) is 10.9. The molecule has 0 radical (unpaired) electrons. The van der Waals surface area contributed by atoms with Crippen LogP contribution in [0.1, 0.15) is 18.7 Å². The van der Waals surface area contributed by atoms with Gasteiger partial charge in [-0.25, -0.2) is 4.98 Å². The summed E-state index contributed by atoms with van der Waals surface area (Å²) in [7, 11) is 1.62. The summed E-state index contributed by atoms with van der Waals surface area (Å²) in [6.07, 6.45) is 1.24. The van der Waals surface area contributed by atoms with E-state index in [-0.39, 0.29) is 30.9 Å². The Morgan fingerprint density at radius 3 is 2.48 bits per heavy atom. The number of rotatable bonds is 8. The maximum absolute atomic E-state index is 12.6. The number of benzene rings is 2. The van der Waals surface area contributed by atoms with E-state index in [2.05, 4.69) is 20.5 Å². The average molecular weight is 450 g/mol. The smallest absolute Gasteiger partial charge is 0.260 e. The highest BCUT2D eigenvalue weighted by Crippen LogP contribution is 2.20. The lowest BCUT2D eigenvalue weighted by molar-refractivity contribution is -0.137. The summed E-state index contributed by atoms with van der Waals surface area (Å²) in [4.78, 5) is 31.2. The second kappa shape index (κ2) is 10.6. The normalized spacial score (nSPS) is 14.0. The molecule has 2 N–H and O–H groups in total. The summed E-state index contributed by atoms with van der Waals surface area (Å²) in [5.74, 6) is 2.34. The Morgan fingerprint density at radius 2 is 1.79 bits per heavy atom. The van der Waals surface area contributed by atoms with Gasteiger partial charge in [0, 0.05) is 24.6 Å². The number of amides is 2. The van der Waals surface area contributed by atoms with Crippen LogP contribution in [0.15, 0.2) is 54.6 Å². The Hall–Kier alpha value is -3.88. The summed E-state index contributed by atoms with van der Waals surface area (Å²) in [6, 6.07) is 16.7. The molecule has 0 bridgehead atoms. The number of ether oxygens (including phenoxy) is 2. The van der Waals surface area contributed by atoms with Crippen LogP contribution < -0.4 is 14.8 Å². The highest BCUT2D eigenvalue weighted by Gasteiger charge is 2.27. The molecule has 0 atom stereocenters. The van der Waals surface area contributed by atoms with Gasteiger partial charge >= 0.3 is 0 Å².